The molecule has 0 unspecified atom stereocenters. The van der Waals surface area contributed by atoms with Crippen LogP contribution in [0.5, 0.6) is 0 Å². The van der Waals surface area contributed by atoms with Gasteiger partial charge in [0.1, 0.15) is 11.3 Å². The molecular formula is C22H29N3O5S. The van der Waals surface area contributed by atoms with Crippen LogP contribution in [0.3, 0.4) is 0 Å². The van der Waals surface area contributed by atoms with Crippen LogP contribution in [0.1, 0.15) is 52.0 Å². The molecule has 31 heavy (non-hydrogen) atoms. The lowest BCUT2D eigenvalue weighted by Gasteiger charge is -2.31. The second kappa shape index (κ2) is 9.74. The minimum absolute atomic E-state index is 0.00287. The van der Waals surface area contributed by atoms with Gasteiger partial charge in [0.15, 0.2) is 11.4 Å². The Labute approximate surface area is 184 Å². The van der Waals surface area contributed by atoms with E-state index in [1.54, 1.807) is 0 Å². The molecule has 3 rings (SSSR count). The summed E-state index contributed by atoms with van der Waals surface area (Å²) >= 11 is -1.52. The molecule has 1 fully saturated rings. The molecule has 1 aliphatic carbocycles. The van der Waals surface area contributed by atoms with Gasteiger partial charge < -0.3 is 19.9 Å². The lowest BCUT2D eigenvalue weighted by atomic mass is 9.91. The van der Waals surface area contributed by atoms with Crippen molar-refractivity contribution in [3.8, 4) is 0 Å². The van der Waals surface area contributed by atoms with Crippen LogP contribution < -0.4 is 26.2 Å². The highest BCUT2D eigenvalue weighted by molar-refractivity contribution is 7.91. The van der Waals surface area contributed by atoms with E-state index in [2.05, 4.69) is 15.4 Å². The van der Waals surface area contributed by atoms with Gasteiger partial charge in [-0.25, -0.2) is 9.52 Å². The fourth-order valence-corrected chi connectivity index (χ4v) is 4.55. The van der Waals surface area contributed by atoms with Crippen LogP contribution in [0.4, 0.5) is 16.2 Å². The number of ether oxygens (including phenoxy) is 1. The van der Waals surface area contributed by atoms with Gasteiger partial charge in [0.2, 0.25) is 0 Å². The first-order valence-corrected chi connectivity index (χ1v) is 11.7. The van der Waals surface area contributed by atoms with Crippen molar-refractivity contribution in [2.75, 3.05) is 10.0 Å². The molecule has 2 aromatic rings. The zero-order chi connectivity index (χ0) is 22.6. The highest BCUT2D eigenvalue weighted by atomic mass is 32.2. The number of benzene rings is 1. The van der Waals surface area contributed by atoms with Crippen molar-refractivity contribution in [1.29, 1.82) is 0 Å². The largest absolute Gasteiger partial charge is 0.593 e. The Hall–Kier alpha value is -2.52. The average molecular weight is 448 g/mol. The molecule has 1 atom stereocenters. The lowest BCUT2D eigenvalue weighted by Crippen LogP contribution is -2.44. The molecule has 0 aliphatic heterocycles. The molecule has 1 aliphatic rings. The number of carbonyl (C=O) groups excluding carboxylic acids is 1. The Morgan fingerprint density at radius 3 is 2.23 bits per heavy atom. The van der Waals surface area contributed by atoms with E-state index in [0.29, 0.717) is 0 Å². The molecule has 0 aromatic heterocycles. The summed E-state index contributed by atoms with van der Waals surface area (Å²) in [6.45, 7) is 5.45. The van der Waals surface area contributed by atoms with Gasteiger partial charge in [0, 0.05) is 17.6 Å². The summed E-state index contributed by atoms with van der Waals surface area (Å²) < 4.78 is 20.3. The topological polar surface area (TPSA) is 120 Å². The van der Waals surface area contributed by atoms with Crippen molar-refractivity contribution in [1.82, 2.24) is 5.32 Å². The fourth-order valence-electron chi connectivity index (χ4n) is 3.56. The smallest absolute Gasteiger partial charge is 0.407 e. The summed E-state index contributed by atoms with van der Waals surface area (Å²) in [5.41, 5.74) is -0.617. The average Bonchev–Trinajstić information content (AvgIpc) is 2.71. The third-order valence-electron chi connectivity index (χ3n) is 5.06. The van der Waals surface area contributed by atoms with Crippen molar-refractivity contribution < 1.29 is 14.1 Å². The molecule has 3 N–H and O–H groups in total. The van der Waals surface area contributed by atoms with Gasteiger partial charge in [0.25, 0.3) is 10.9 Å². The SMILES string of the molecule is CC(C)(C)OC(=O)NC1CCC(Nc2c(N[S@+]([O-])Cc3ccccc3)c(=O)c2=O)CC1. The van der Waals surface area contributed by atoms with Crippen molar-refractivity contribution in [3.63, 3.8) is 0 Å². The zero-order valence-corrected chi connectivity index (χ0v) is 18.8. The van der Waals surface area contributed by atoms with Crippen molar-refractivity contribution >= 4 is 28.8 Å². The standard InChI is InChI=1S/C22H29N3O5S/c1-22(2,3)30-21(28)24-16-11-9-15(10-12-16)23-17-18(20(27)19(17)26)25-31(29)13-14-7-5-4-6-8-14/h4-8,15-16,23,25H,9-13H2,1-3H3,(H,24,28)/t15?,16?,31-/m1/s1. The minimum Gasteiger partial charge on any atom is -0.593 e. The van der Waals surface area contributed by atoms with E-state index in [1.807, 2.05) is 51.1 Å². The Morgan fingerprint density at radius 1 is 1.03 bits per heavy atom. The molecule has 1 saturated carbocycles. The van der Waals surface area contributed by atoms with E-state index < -0.39 is 33.9 Å². The molecule has 0 radical (unpaired) electrons. The summed E-state index contributed by atoms with van der Waals surface area (Å²) in [4.78, 5) is 36.0. The summed E-state index contributed by atoms with van der Waals surface area (Å²) in [6, 6.07) is 9.29. The third-order valence-corrected chi connectivity index (χ3v) is 6.09. The molecule has 0 heterocycles. The molecular weight excluding hydrogens is 418 g/mol. The van der Waals surface area contributed by atoms with Crippen molar-refractivity contribution in [2.45, 2.75) is 69.9 Å². The van der Waals surface area contributed by atoms with E-state index in [1.165, 1.54) is 0 Å². The lowest BCUT2D eigenvalue weighted by molar-refractivity contribution is 0.0492. The number of hydrogen-bond acceptors (Lipinski definition) is 7. The Bertz CT molecular complexity index is 958. The van der Waals surface area contributed by atoms with Crippen LogP contribution in [0, 0.1) is 0 Å². The summed E-state index contributed by atoms with van der Waals surface area (Å²) in [6.07, 6.45) is 2.49. The van der Waals surface area contributed by atoms with E-state index in [9.17, 15) is 18.9 Å². The van der Waals surface area contributed by atoms with E-state index in [0.717, 1.165) is 31.2 Å². The first-order valence-electron chi connectivity index (χ1n) is 10.4. The number of rotatable bonds is 7. The second-order valence-corrected chi connectivity index (χ2v) is 10.0. The maximum Gasteiger partial charge on any atom is 0.407 e. The first kappa shape index (κ1) is 23.1. The number of nitrogens with one attached hydrogen (secondary N) is 3. The maximum atomic E-state index is 12.4. The molecule has 0 saturated heterocycles. The summed E-state index contributed by atoms with van der Waals surface area (Å²) in [5.74, 6) is 0.237. The molecule has 0 bridgehead atoms. The summed E-state index contributed by atoms with van der Waals surface area (Å²) in [5, 5.41) is 6.01. The fraction of sp³-hybridized carbons (Fsp3) is 0.500. The van der Waals surface area contributed by atoms with Gasteiger partial charge in [-0.1, -0.05) is 30.3 Å². The number of hydrogen-bond donors (Lipinski definition) is 3. The van der Waals surface area contributed by atoms with Gasteiger partial charge in [-0.2, -0.15) is 0 Å². The van der Waals surface area contributed by atoms with Crippen LogP contribution in [0.2, 0.25) is 0 Å². The van der Waals surface area contributed by atoms with Crippen LogP contribution in [-0.4, -0.2) is 28.3 Å². The monoisotopic (exact) mass is 447 g/mol. The quantitative estimate of drug-likeness (QED) is 0.441. The Kier molecular flexibility index (Phi) is 7.27. The number of alkyl carbamates (subject to hydrolysis) is 1. The van der Waals surface area contributed by atoms with Gasteiger partial charge >= 0.3 is 6.09 Å². The van der Waals surface area contributed by atoms with E-state index in [-0.39, 0.29) is 29.2 Å². The normalized spacial score (nSPS) is 20.1. The van der Waals surface area contributed by atoms with Gasteiger partial charge in [0.05, 0.1) is 11.4 Å². The third kappa shape index (κ3) is 6.48. The molecule has 2 aromatic carbocycles. The molecule has 0 spiro atoms. The minimum atomic E-state index is -1.52. The molecule has 8 nitrogen and oxygen atoms in total. The van der Waals surface area contributed by atoms with E-state index in [4.69, 9.17) is 4.74 Å². The number of amides is 1. The molecule has 1 amide bonds. The van der Waals surface area contributed by atoms with Crippen molar-refractivity contribution in [2.24, 2.45) is 0 Å². The predicted molar refractivity (Wildman–Crippen MR) is 122 cm³/mol. The highest BCUT2D eigenvalue weighted by Crippen LogP contribution is 2.25. The maximum absolute atomic E-state index is 12.4. The highest BCUT2D eigenvalue weighted by Gasteiger charge is 2.29. The van der Waals surface area contributed by atoms with Crippen LogP contribution >= 0.6 is 0 Å². The summed E-state index contributed by atoms with van der Waals surface area (Å²) in [7, 11) is 0. The number of carbonyl (C=O) groups is 1. The zero-order valence-electron chi connectivity index (χ0n) is 18.0. The van der Waals surface area contributed by atoms with Crippen molar-refractivity contribution in [3.05, 3.63) is 56.3 Å². The second-order valence-electron chi connectivity index (χ2n) is 8.82. The van der Waals surface area contributed by atoms with Crippen LogP contribution in [0.25, 0.3) is 0 Å². The van der Waals surface area contributed by atoms with Gasteiger partial charge in [-0.3, -0.25) is 9.59 Å². The van der Waals surface area contributed by atoms with Gasteiger partial charge in [-0.05, 0) is 46.5 Å². The van der Waals surface area contributed by atoms with Crippen LogP contribution in [-0.2, 0) is 21.9 Å². The van der Waals surface area contributed by atoms with Gasteiger partial charge in [-0.15, -0.1) is 0 Å². The van der Waals surface area contributed by atoms with Crippen LogP contribution in [0.15, 0.2) is 39.9 Å². The number of anilines is 2. The van der Waals surface area contributed by atoms with E-state index >= 15 is 0 Å². The predicted octanol–water partition coefficient (Wildman–Crippen LogP) is 2.81. The first-order chi connectivity index (χ1) is 14.6. The molecule has 168 valence electrons. The Balaban J connectivity index is 1.50. The molecule has 9 heteroatoms. The Morgan fingerprint density at radius 2 is 1.61 bits per heavy atom.